The van der Waals surface area contributed by atoms with Crippen LogP contribution in [0.25, 0.3) is 0 Å². The number of para-hydroxylation sites is 1. The van der Waals surface area contributed by atoms with E-state index in [2.05, 4.69) is 17.0 Å². The van der Waals surface area contributed by atoms with Crippen molar-refractivity contribution in [3.05, 3.63) is 24.3 Å². The van der Waals surface area contributed by atoms with Gasteiger partial charge in [0.05, 0.1) is 5.69 Å². The molecular formula is C14H25N3O2S. The number of hydrogen-bond acceptors (Lipinski definition) is 4. The number of sulfonamides is 1. The third-order valence-electron chi connectivity index (χ3n) is 2.93. The minimum absolute atomic E-state index is 0.140. The molecule has 0 aliphatic carbocycles. The molecule has 6 heteroatoms. The van der Waals surface area contributed by atoms with Crippen molar-refractivity contribution in [3.63, 3.8) is 0 Å². The Morgan fingerprint density at radius 3 is 2.45 bits per heavy atom. The first-order valence-electron chi connectivity index (χ1n) is 6.98. The highest BCUT2D eigenvalue weighted by molar-refractivity contribution is 7.89. The lowest BCUT2D eigenvalue weighted by Crippen LogP contribution is -2.31. The van der Waals surface area contributed by atoms with E-state index in [1.54, 1.807) is 32.0 Å². The van der Waals surface area contributed by atoms with Crippen LogP contribution in [0.2, 0.25) is 0 Å². The average molecular weight is 299 g/mol. The van der Waals surface area contributed by atoms with Crippen LogP contribution < -0.4 is 15.8 Å². The molecule has 0 aliphatic heterocycles. The summed E-state index contributed by atoms with van der Waals surface area (Å²) in [4.78, 5) is 0.282. The van der Waals surface area contributed by atoms with E-state index in [1.165, 1.54) is 0 Å². The molecule has 0 heterocycles. The van der Waals surface area contributed by atoms with Crippen LogP contribution >= 0.6 is 0 Å². The summed E-state index contributed by atoms with van der Waals surface area (Å²) in [6.45, 7) is 6.23. The van der Waals surface area contributed by atoms with Gasteiger partial charge < -0.3 is 11.1 Å². The minimum Gasteiger partial charge on any atom is -0.381 e. The molecule has 1 aromatic carbocycles. The van der Waals surface area contributed by atoms with Crippen molar-refractivity contribution in [1.82, 2.24) is 4.72 Å². The van der Waals surface area contributed by atoms with E-state index in [0.717, 1.165) is 12.8 Å². The molecule has 1 aromatic rings. The van der Waals surface area contributed by atoms with Gasteiger partial charge in [-0.15, -0.1) is 0 Å². The highest BCUT2D eigenvalue weighted by Crippen LogP contribution is 2.22. The fourth-order valence-corrected chi connectivity index (χ4v) is 3.42. The van der Waals surface area contributed by atoms with Gasteiger partial charge in [0, 0.05) is 12.1 Å². The van der Waals surface area contributed by atoms with Crippen molar-refractivity contribution >= 4 is 15.7 Å². The molecule has 0 spiro atoms. The zero-order valence-corrected chi connectivity index (χ0v) is 13.2. The molecule has 20 heavy (non-hydrogen) atoms. The molecule has 0 bridgehead atoms. The predicted molar refractivity (Wildman–Crippen MR) is 83.3 cm³/mol. The Bertz CT molecular complexity index is 515. The number of nitrogens with one attached hydrogen (secondary N) is 2. The van der Waals surface area contributed by atoms with Gasteiger partial charge in [-0.3, -0.25) is 0 Å². The second-order valence-corrected chi connectivity index (χ2v) is 6.78. The van der Waals surface area contributed by atoms with Gasteiger partial charge in [-0.2, -0.15) is 0 Å². The smallest absolute Gasteiger partial charge is 0.242 e. The van der Waals surface area contributed by atoms with Gasteiger partial charge in [0.1, 0.15) is 4.90 Å². The van der Waals surface area contributed by atoms with Crippen molar-refractivity contribution in [2.45, 2.75) is 50.6 Å². The molecule has 0 aliphatic rings. The number of anilines is 1. The SMILES string of the molecule is CCC(CCN)Nc1ccccc1S(=O)(=O)NC(C)C. The molecule has 1 atom stereocenters. The molecule has 0 amide bonds. The van der Waals surface area contributed by atoms with Crippen LogP contribution in [-0.2, 0) is 10.0 Å². The van der Waals surface area contributed by atoms with Gasteiger partial charge in [0.2, 0.25) is 10.0 Å². The quantitative estimate of drug-likeness (QED) is 0.684. The molecule has 1 unspecified atom stereocenters. The van der Waals surface area contributed by atoms with Gasteiger partial charge >= 0.3 is 0 Å². The fraction of sp³-hybridized carbons (Fsp3) is 0.571. The van der Waals surface area contributed by atoms with E-state index in [1.807, 2.05) is 6.07 Å². The maximum Gasteiger partial charge on any atom is 0.242 e. The van der Waals surface area contributed by atoms with Crippen molar-refractivity contribution in [1.29, 1.82) is 0 Å². The molecule has 114 valence electrons. The highest BCUT2D eigenvalue weighted by Gasteiger charge is 2.20. The van der Waals surface area contributed by atoms with E-state index in [4.69, 9.17) is 5.73 Å². The predicted octanol–water partition coefficient (Wildman–Crippen LogP) is 1.91. The normalized spacial score (nSPS) is 13.4. The van der Waals surface area contributed by atoms with Crippen LogP contribution in [0.4, 0.5) is 5.69 Å². The van der Waals surface area contributed by atoms with Crippen LogP contribution in [-0.4, -0.2) is 27.0 Å². The van der Waals surface area contributed by atoms with Gasteiger partial charge in [-0.25, -0.2) is 13.1 Å². The van der Waals surface area contributed by atoms with Gasteiger partial charge in [-0.05, 0) is 45.4 Å². The first-order valence-corrected chi connectivity index (χ1v) is 8.47. The topological polar surface area (TPSA) is 84.2 Å². The number of benzene rings is 1. The molecule has 4 N–H and O–H groups in total. The number of hydrogen-bond donors (Lipinski definition) is 3. The minimum atomic E-state index is -3.50. The lowest BCUT2D eigenvalue weighted by molar-refractivity contribution is 0.569. The number of rotatable bonds is 8. The van der Waals surface area contributed by atoms with E-state index >= 15 is 0 Å². The Labute approximate surface area is 122 Å². The van der Waals surface area contributed by atoms with Crippen LogP contribution in [0.3, 0.4) is 0 Å². The molecular weight excluding hydrogens is 274 g/mol. The van der Waals surface area contributed by atoms with E-state index in [-0.39, 0.29) is 17.0 Å². The third-order valence-corrected chi connectivity index (χ3v) is 4.65. The second kappa shape index (κ2) is 7.61. The van der Waals surface area contributed by atoms with Crippen molar-refractivity contribution in [2.75, 3.05) is 11.9 Å². The molecule has 5 nitrogen and oxygen atoms in total. The van der Waals surface area contributed by atoms with Crippen LogP contribution in [0.1, 0.15) is 33.6 Å². The Morgan fingerprint density at radius 1 is 1.25 bits per heavy atom. The van der Waals surface area contributed by atoms with E-state index < -0.39 is 10.0 Å². The Balaban J connectivity index is 3.04. The lowest BCUT2D eigenvalue weighted by atomic mass is 10.1. The lowest BCUT2D eigenvalue weighted by Gasteiger charge is -2.20. The summed E-state index contributed by atoms with van der Waals surface area (Å²) in [5.74, 6) is 0. The summed E-state index contributed by atoms with van der Waals surface area (Å²) in [5, 5.41) is 3.28. The molecule has 0 saturated carbocycles. The van der Waals surface area contributed by atoms with Gasteiger partial charge in [0.15, 0.2) is 0 Å². The van der Waals surface area contributed by atoms with Crippen molar-refractivity contribution in [3.8, 4) is 0 Å². The molecule has 0 radical (unpaired) electrons. The first kappa shape index (κ1) is 16.9. The maximum absolute atomic E-state index is 12.3. The molecule has 1 rings (SSSR count). The Hall–Kier alpha value is -1.11. The second-order valence-electron chi connectivity index (χ2n) is 5.10. The molecule has 0 fully saturated rings. The van der Waals surface area contributed by atoms with Gasteiger partial charge in [0.25, 0.3) is 0 Å². The van der Waals surface area contributed by atoms with Crippen molar-refractivity contribution < 1.29 is 8.42 Å². The third kappa shape index (κ3) is 4.77. The van der Waals surface area contributed by atoms with Crippen LogP contribution in [0.5, 0.6) is 0 Å². The van der Waals surface area contributed by atoms with Crippen molar-refractivity contribution in [2.24, 2.45) is 5.73 Å². The average Bonchev–Trinajstić information content (AvgIpc) is 2.37. The number of nitrogens with two attached hydrogens (primary N) is 1. The zero-order valence-electron chi connectivity index (χ0n) is 12.4. The Morgan fingerprint density at radius 2 is 1.90 bits per heavy atom. The van der Waals surface area contributed by atoms with Crippen LogP contribution in [0.15, 0.2) is 29.2 Å². The Kier molecular flexibility index (Phi) is 6.45. The summed E-state index contributed by atoms with van der Waals surface area (Å²) >= 11 is 0. The summed E-state index contributed by atoms with van der Waals surface area (Å²) in [5.41, 5.74) is 6.20. The summed E-state index contributed by atoms with van der Waals surface area (Å²) in [6.07, 6.45) is 1.70. The summed E-state index contributed by atoms with van der Waals surface area (Å²) in [7, 11) is -3.50. The largest absolute Gasteiger partial charge is 0.381 e. The van der Waals surface area contributed by atoms with E-state index in [0.29, 0.717) is 12.2 Å². The standard InChI is InChI=1S/C14H25N3O2S/c1-4-12(9-10-15)16-13-7-5-6-8-14(13)20(18,19)17-11(2)3/h5-8,11-12,16-17H,4,9-10,15H2,1-3H3. The zero-order chi connectivity index (χ0) is 15.2. The van der Waals surface area contributed by atoms with E-state index in [9.17, 15) is 8.42 Å². The monoisotopic (exact) mass is 299 g/mol. The highest BCUT2D eigenvalue weighted by atomic mass is 32.2. The molecule has 0 saturated heterocycles. The molecule has 0 aromatic heterocycles. The summed E-state index contributed by atoms with van der Waals surface area (Å²) < 4.78 is 27.2. The van der Waals surface area contributed by atoms with Gasteiger partial charge in [-0.1, -0.05) is 19.1 Å². The first-order chi connectivity index (χ1) is 9.40. The summed E-state index contributed by atoms with van der Waals surface area (Å²) in [6, 6.07) is 6.99. The van der Waals surface area contributed by atoms with Crippen LogP contribution in [0, 0.1) is 0 Å². The maximum atomic E-state index is 12.3. The fourth-order valence-electron chi connectivity index (χ4n) is 1.99.